The van der Waals surface area contributed by atoms with Gasteiger partial charge in [-0.3, -0.25) is 14.0 Å². The van der Waals surface area contributed by atoms with Gasteiger partial charge in [-0.1, -0.05) is 26.0 Å². The van der Waals surface area contributed by atoms with Crippen LogP contribution in [0.3, 0.4) is 0 Å². The van der Waals surface area contributed by atoms with Crippen LogP contribution >= 0.6 is 0 Å². The molecule has 1 unspecified atom stereocenters. The van der Waals surface area contributed by atoms with Crippen molar-refractivity contribution in [3.8, 4) is 5.75 Å². The van der Waals surface area contributed by atoms with E-state index in [-0.39, 0.29) is 50.1 Å². The number of alkyl halides is 1. The highest BCUT2D eigenvalue weighted by Gasteiger charge is 2.15. The van der Waals surface area contributed by atoms with E-state index in [9.17, 15) is 14.0 Å². The molecular formula is C25H41FN2O7. The second kappa shape index (κ2) is 20.0. The summed E-state index contributed by atoms with van der Waals surface area (Å²) in [4.78, 5) is 22.7. The van der Waals surface area contributed by atoms with Crippen molar-refractivity contribution in [3.63, 3.8) is 0 Å². The van der Waals surface area contributed by atoms with Gasteiger partial charge in [0.15, 0.2) is 0 Å². The molecule has 0 aliphatic heterocycles. The van der Waals surface area contributed by atoms with E-state index in [1.54, 1.807) is 6.92 Å². The van der Waals surface area contributed by atoms with Crippen molar-refractivity contribution in [2.45, 2.75) is 26.7 Å². The number of rotatable bonds is 21. The fourth-order valence-electron chi connectivity index (χ4n) is 3.00. The minimum atomic E-state index is -0.364. The van der Waals surface area contributed by atoms with Crippen molar-refractivity contribution in [1.82, 2.24) is 10.6 Å². The van der Waals surface area contributed by atoms with Gasteiger partial charge in [0.2, 0.25) is 11.8 Å². The zero-order valence-electron chi connectivity index (χ0n) is 21.2. The van der Waals surface area contributed by atoms with Crippen LogP contribution in [0.4, 0.5) is 4.39 Å². The molecule has 0 saturated carbocycles. The van der Waals surface area contributed by atoms with Gasteiger partial charge in [-0.05, 0) is 30.5 Å². The maximum Gasteiger partial charge on any atom is 0.246 e. The topological polar surface area (TPSA) is 104 Å². The first-order valence-corrected chi connectivity index (χ1v) is 12.1. The highest BCUT2D eigenvalue weighted by atomic mass is 19.1. The number of hydrogen-bond donors (Lipinski definition) is 2. The van der Waals surface area contributed by atoms with E-state index in [1.165, 1.54) is 0 Å². The van der Waals surface area contributed by atoms with Gasteiger partial charge in [0, 0.05) is 12.5 Å². The summed E-state index contributed by atoms with van der Waals surface area (Å²) in [6, 6.07) is 7.54. The van der Waals surface area contributed by atoms with Crippen molar-refractivity contribution in [2.75, 3.05) is 79.2 Å². The van der Waals surface area contributed by atoms with Gasteiger partial charge in [-0.15, -0.1) is 0 Å². The summed E-state index contributed by atoms with van der Waals surface area (Å²) in [6.07, 6.45) is 0. The molecule has 0 fully saturated rings. The molecular weight excluding hydrogens is 459 g/mol. The number of amides is 2. The van der Waals surface area contributed by atoms with Gasteiger partial charge in [0.05, 0.1) is 59.5 Å². The van der Waals surface area contributed by atoms with Crippen molar-refractivity contribution in [3.05, 3.63) is 29.8 Å². The third kappa shape index (κ3) is 15.4. The zero-order valence-corrected chi connectivity index (χ0v) is 21.2. The fraction of sp³-hybridized carbons (Fsp3) is 0.680. The zero-order chi connectivity index (χ0) is 25.7. The minimum Gasteiger partial charge on any atom is -0.491 e. The monoisotopic (exact) mass is 500 g/mol. The minimum absolute atomic E-state index is 0.0596. The average Bonchev–Trinajstić information content (AvgIpc) is 2.84. The number of ether oxygens (including phenoxy) is 5. The Labute approximate surface area is 208 Å². The molecule has 9 nitrogen and oxygen atoms in total. The van der Waals surface area contributed by atoms with E-state index in [1.807, 2.05) is 38.1 Å². The van der Waals surface area contributed by atoms with Crippen LogP contribution in [-0.2, 0) is 28.5 Å². The number of nitrogens with one attached hydrogen (secondary N) is 2. The lowest BCUT2D eigenvalue weighted by atomic mass is 9.90. The summed E-state index contributed by atoms with van der Waals surface area (Å²) in [7, 11) is 0. The maximum atomic E-state index is 13.2. The lowest BCUT2D eigenvalue weighted by Gasteiger charge is -2.18. The van der Waals surface area contributed by atoms with Gasteiger partial charge in [0.1, 0.15) is 19.0 Å². The summed E-state index contributed by atoms with van der Waals surface area (Å²) in [5.41, 5.74) is 0.983. The number of likely N-dealkylation sites (N-methyl/N-ethyl adjacent to an activating group) is 1. The number of benzene rings is 1. The SMILES string of the molecule is CCNC(=O)CNC(=O)COCCOCCOCCOCCOc1ccc(C(CF)C(C)C)cc1. The van der Waals surface area contributed by atoms with Crippen LogP contribution in [0.25, 0.3) is 0 Å². The largest absolute Gasteiger partial charge is 0.491 e. The van der Waals surface area contributed by atoms with E-state index < -0.39 is 0 Å². The Morgan fingerprint density at radius 2 is 1.34 bits per heavy atom. The Balaban J connectivity index is 1.89. The van der Waals surface area contributed by atoms with Gasteiger partial charge in [-0.25, -0.2) is 0 Å². The predicted octanol–water partition coefficient (Wildman–Crippen LogP) is 2.09. The molecule has 1 aromatic rings. The van der Waals surface area contributed by atoms with E-state index in [4.69, 9.17) is 23.7 Å². The number of carbonyl (C=O) groups excluding carboxylic acids is 2. The summed E-state index contributed by atoms with van der Waals surface area (Å²) in [5, 5.41) is 5.05. The lowest BCUT2D eigenvalue weighted by molar-refractivity contribution is -0.129. The van der Waals surface area contributed by atoms with Crippen LogP contribution in [-0.4, -0.2) is 91.0 Å². The molecule has 0 radical (unpaired) electrons. The molecule has 200 valence electrons. The smallest absolute Gasteiger partial charge is 0.246 e. The van der Waals surface area contributed by atoms with E-state index in [0.29, 0.717) is 52.8 Å². The number of hydrogen-bond acceptors (Lipinski definition) is 7. The van der Waals surface area contributed by atoms with Crippen molar-refractivity contribution in [2.24, 2.45) is 5.92 Å². The second-order valence-corrected chi connectivity index (χ2v) is 8.04. The van der Waals surface area contributed by atoms with E-state index in [0.717, 1.165) is 11.3 Å². The molecule has 2 amide bonds. The molecule has 0 aliphatic carbocycles. The quantitative estimate of drug-likeness (QED) is 0.249. The Bertz CT molecular complexity index is 689. The Kier molecular flexibility index (Phi) is 17.6. The second-order valence-electron chi connectivity index (χ2n) is 8.04. The molecule has 0 saturated heterocycles. The van der Waals surface area contributed by atoms with Gasteiger partial charge >= 0.3 is 0 Å². The number of halogens is 1. The number of carbonyl (C=O) groups is 2. The van der Waals surface area contributed by atoms with E-state index >= 15 is 0 Å². The molecule has 0 spiro atoms. The van der Waals surface area contributed by atoms with Crippen LogP contribution < -0.4 is 15.4 Å². The Hall–Kier alpha value is -2.27. The first-order chi connectivity index (χ1) is 17.0. The molecule has 1 rings (SSSR count). The van der Waals surface area contributed by atoms with Crippen LogP contribution in [0.2, 0.25) is 0 Å². The Morgan fingerprint density at radius 3 is 1.86 bits per heavy atom. The standard InChI is InChI=1S/C25H41FN2O7/c1-4-27-24(29)18-28-25(30)19-34-14-13-32-10-9-31-11-12-33-15-16-35-22-7-5-21(6-8-22)23(17-26)20(2)3/h5-8,20,23H,4,9-19H2,1-3H3,(H,27,29)(H,28,30). The van der Waals surface area contributed by atoms with Crippen LogP contribution in [0.1, 0.15) is 32.3 Å². The predicted molar refractivity (Wildman–Crippen MR) is 130 cm³/mol. The molecule has 0 heterocycles. The lowest BCUT2D eigenvalue weighted by Crippen LogP contribution is -2.38. The summed E-state index contributed by atoms with van der Waals surface area (Å²) < 4.78 is 40.2. The molecule has 0 bridgehead atoms. The van der Waals surface area contributed by atoms with E-state index in [2.05, 4.69) is 10.6 Å². The third-order valence-electron chi connectivity index (χ3n) is 4.94. The third-order valence-corrected chi connectivity index (χ3v) is 4.94. The molecule has 35 heavy (non-hydrogen) atoms. The van der Waals surface area contributed by atoms with Crippen LogP contribution in [0.5, 0.6) is 5.75 Å². The van der Waals surface area contributed by atoms with Gasteiger partial charge < -0.3 is 34.3 Å². The molecule has 2 N–H and O–H groups in total. The first kappa shape index (κ1) is 30.8. The maximum absolute atomic E-state index is 13.2. The normalized spacial score (nSPS) is 11.9. The molecule has 0 aromatic heterocycles. The summed E-state index contributed by atoms with van der Waals surface area (Å²) in [6.45, 7) is 9.02. The average molecular weight is 501 g/mol. The molecule has 10 heteroatoms. The van der Waals surface area contributed by atoms with Crippen LogP contribution in [0, 0.1) is 5.92 Å². The van der Waals surface area contributed by atoms with Gasteiger partial charge in [0.25, 0.3) is 0 Å². The first-order valence-electron chi connectivity index (χ1n) is 12.1. The van der Waals surface area contributed by atoms with Crippen molar-refractivity contribution in [1.29, 1.82) is 0 Å². The molecule has 1 aromatic carbocycles. The fourth-order valence-corrected chi connectivity index (χ4v) is 3.00. The molecule has 1 atom stereocenters. The van der Waals surface area contributed by atoms with Crippen molar-refractivity contribution < 1.29 is 37.7 Å². The highest BCUT2D eigenvalue weighted by Crippen LogP contribution is 2.26. The summed E-state index contributed by atoms with van der Waals surface area (Å²) >= 11 is 0. The van der Waals surface area contributed by atoms with Crippen LogP contribution in [0.15, 0.2) is 24.3 Å². The molecule has 0 aliphatic rings. The summed E-state index contributed by atoms with van der Waals surface area (Å²) in [5.74, 6) is 0.310. The Morgan fingerprint density at radius 1 is 0.800 bits per heavy atom. The van der Waals surface area contributed by atoms with Crippen molar-refractivity contribution >= 4 is 11.8 Å². The highest BCUT2D eigenvalue weighted by molar-refractivity contribution is 5.85. The van der Waals surface area contributed by atoms with Gasteiger partial charge in [-0.2, -0.15) is 0 Å².